The van der Waals surface area contributed by atoms with Gasteiger partial charge < -0.3 is 19.6 Å². The molecule has 0 saturated carbocycles. The molecule has 1 aliphatic rings. The van der Waals surface area contributed by atoms with E-state index in [9.17, 15) is 14.4 Å². The van der Waals surface area contributed by atoms with Crippen molar-refractivity contribution in [2.45, 2.75) is 19.0 Å². The number of likely N-dealkylation sites (N-methyl/N-ethyl adjacent to an activating group) is 1. The van der Waals surface area contributed by atoms with Crippen LogP contribution in [-0.2, 0) is 22.6 Å². The van der Waals surface area contributed by atoms with E-state index < -0.39 is 18.0 Å². The maximum Gasteiger partial charge on any atom is 0.325 e. The number of carbonyl (C=O) groups is 3. The molecule has 5 rings (SSSR count). The average molecular weight is 491 g/mol. The number of H-pyrrole nitrogens is 1. The molecule has 4 amide bonds. The molecule has 4 aromatic rings. The third-order valence-electron chi connectivity index (χ3n) is 6.11. The van der Waals surface area contributed by atoms with Gasteiger partial charge in [0.1, 0.15) is 24.1 Å². The SMILES string of the molecule is CN(Cc1ccc(-c2ccc(Cl)cc2)o1)C(=O)CN1C(=O)N[C@H](Cc2c[nH]c3ccccc23)C1=O. The summed E-state index contributed by atoms with van der Waals surface area (Å²) in [5.74, 6) is 0.461. The number of para-hydroxylation sites is 1. The molecule has 0 aliphatic carbocycles. The number of urea groups is 1. The first-order valence-electron chi connectivity index (χ1n) is 11.1. The number of halogens is 1. The van der Waals surface area contributed by atoms with E-state index in [4.69, 9.17) is 16.0 Å². The summed E-state index contributed by atoms with van der Waals surface area (Å²) in [7, 11) is 1.61. The summed E-state index contributed by atoms with van der Waals surface area (Å²) in [5, 5.41) is 4.34. The van der Waals surface area contributed by atoms with E-state index in [1.165, 1.54) is 4.90 Å². The number of aromatic nitrogens is 1. The van der Waals surface area contributed by atoms with Crippen LogP contribution in [0.3, 0.4) is 0 Å². The van der Waals surface area contributed by atoms with Crippen molar-refractivity contribution in [2.75, 3.05) is 13.6 Å². The van der Waals surface area contributed by atoms with Gasteiger partial charge in [-0.2, -0.15) is 0 Å². The summed E-state index contributed by atoms with van der Waals surface area (Å²) in [6, 6.07) is 17.4. The van der Waals surface area contributed by atoms with Crippen molar-refractivity contribution in [3.05, 3.63) is 83.2 Å². The molecule has 2 N–H and O–H groups in total. The van der Waals surface area contributed by atoms with Crippen LogP contribution in [0, 0.1) is 0 Å². The number of fused-ring (bicyclic) bond motifs is 1. The predicted molar refractivity (Wildman–Crippen MR) is 132 cm³/mol. The molecule has 0 bridgehead atoms. The molecular formula is C26H23ClN4O4. The molecule has 0 radical (unpaired) electrons. The fourth-order valence-electron chi connectivity index (χ4n) is 4.20. The summed E-state index contributed by atoms with van der Waals surface area (Å²) in [6.07, 6.45) is 2.18. The number of hydrogen-bond donors (Lipinski definition) is 2. The lowest BCUT2D eigenvalue weighted by Gasteiger charge is -2.19. The van der Waals surface area contributed by atoms with Crippen LogP contribution >= 0.6 is 11.6 Å². The molecule has 2 aromatic heterocycles. The zero-order valence-corrected chi connectivity index (χ0v) is 19.7. The second-order valence-corrected chi connectivity index (χ2v) is 8.95. The Bertz CT molecular complexity index is 1410. The number of hydrogen-bond acceptors (Lipinski definition) is 4. The second kappa shape index (κ2) is 9.31. The van der Waals surface area contributed by atoms with Crippen molar-refractivity contribution in [2.24, 2.45) is 0 Å². The third kappa shape index (κ3) is 4.65. The third-order valence-corrected chi connectivity index (χ3v) is 6.36. The van der Waals surface area contributed by atoms with Gasteiger partial charge >= 0.3 is 6.03 Å². The highest BCUT2D eigenvalue weighted by atomic mass is 35.5. The molecule has 2 aromatic carbocycles. The standard InChI is InChI=1S/C26H23ClN4O4/c1-30(14-19-10-11-23(35-19)16-6-8-18(27)9-7-16)24(32)15-31-25(33)22(29-26(31)34)12-17-13-28-21-5-3-2-4-20(17)21/h2-11,13,22,28H,12,14-15H2,1H3,(H,29,34)/t22-/m1/s1. The molecule has 1 fully saturated rings. The zero-order valence-electron chi connectivity index (χ0n) is 19.0. The van der Waals surface area contributed by atoms with Gasteiger partial charge in [-0.25, -0.2) is 4.79 Å². The smallest absolute Gasteiger partial charge is 0.325 e. The highest BCUT2D eigenvalue weighted by Gasteiger charge is 2.39. The van der Waals surface area contributed by atoms with Crippen LogP contribution < -0.4 is 5.32 Å². The van der Waals surface area contributed by atoms with Gasteiger partial charge in [0, 0.05) is 41.2 Å². The Balaban J connectivity index is 1.20. The molecule has 8 nitrogen and oxygen atoms in total. The lowest BCUT2D eigenvalue weighted by molar-refractivity contribution is -0.137. The predicted octanol–water partition coefficient (Wildman–Crippen LogP) is 4.20. The topological polar surface area (TPSA) is 98.7 Å². The van der Waals surface area contributed by atoms with Crippen molar-refractivity contribution < 1.29 is 18.8 Å². The highest BCUT2D eigenvalue weighted by Crippen LogP contribution is 2.25. The normalized spacial score (nSPS) is 15.6. The van der Waals surface area contributed by atoms with Crippen molar-refractivity contribution in [1.29, 1.82) is 0 Å². The Labute approximate surface area is 206 Å². The number of rotatable bonds is 7. The summed E-state index contributed by atoms with van der Waals surface area (Å²) < 4.78 is 5.85. The van der Waals surface area contributed by atoms with Crippen molar-refractivity contribution in [3.8, 4) is 11.3 Å². The number of benzene rings is 2. The number of aromatic amines is 1. The van der Waals surface area contributed by atoms with E-state index in [1.807, 2.05) is 48.7 Å². The Hall–Kier alpha value is -4.04. The monoisotopic (exact) mass is 490 g/mol. The van der Waals surface area contributed by atoms with Gasteiger partial charge in [-0.1, -0.05) is 29.8 Å². The fraction of sp³-hybridized carbons (Fsp3) is 0.192. The van der Waals surface area contributed by atoms with E-state index in [0.717, 1.165) is 26.9 Å². The van der Waals surface area contributed by atoms with Crippen molar-refractivity contribution in [1.82, 2.24) is 20.1 Å². The van der Waals surface area contributed by atoms with Gasteiger partial charge in [0.15, 0.2) is 0 Å². The molecule has 0 unspecified atom stereocenters. The van der Waals surface area contributed by atoms with Gasteiger partial charge in [-0.15, -0.1) is 0 Å². The first kappa shape index (κ1) is 22.7. The van der Waals surface area contributed by atoms with E-state index in [1.54, 1.807) is 25.2 Å². The van der Waals surface area contributed by atoms with E-state index in [-0.39, 0.29) is 19.0 Å². The second-order valence-electron chi connectivity index (χ2n) is 8.51. The zero-order chi connectivity index (χ0) is 24.5. The molecule has 3 heterocycles. The summed E-state index contributed by atoms with van der Waals surface area (Å²) in [4.78, 5) is 43.8. The van der Waals surface area contributed by atoms with Gasteiger partial charge in [-0.3, -0.25) is 14.5 Å². The molecule has 0 spiro atoms. The molecule has 178 valence electrons. The Morgan fingerprint density at radius 1 is 1.09 bits per heavy atom. The van der Waals surface area contributed by atoms with Crippen LogP contribution in [0.5, 0.6) is 0 Å². The van der Waals surface area contributed by atoms with Crippen molar-refractivity contribution in [3.63, 3.8) is 0 Å². The summed E-state index contributed by atoms with van der Waals surface area (Å²) in [6.45, 7) is -0.134. The van der Waals surface area contributed by atoms with E-state index >= 15 is 0 Å². The Morgan fingerprint density at radius 3 is 2.66 bits per heavy atom. The largest absolute Gasteiger partial charge is 0.459 e. The minimum Gasteiger partial charge on any atom is -0.459 e. The van der Waals surface area contributed by atoms with Gasteiger partial charge in [0.2, 0.25) is 5.91 Å². The van der Waals surface area contributed by atoms with Crippen LogP contribution in [-0.4, -0.2) is 52.3 Å². The van der Waals surface area contributed by atoms with Crippen LogP contribution in [0.25, 0.3) is 22.2 Å². The van der Waals surface area contributed by atoms with Crippen LogP contribution in [0.1, 0.15) is 11.3 Å². The molecule has 35 heavy (non-hydrogen) atoms. The fourth-order valence-corrected chi connectivity index (χ4v) is 4.32. The quantitative estimate of drug-likeness (QED) is 0.379. The van der Waals surface area contributed by atoms with Crippen LogP contribution in [0.2, 0.25) is 5.02 Å². The Morgan fingerprint density at radius 2 is 1.86 bits per heavy atom. The van der Waals surface area contributed by atoms with Crippen LogP contribution in [0.15, 0.2) is 71.3 Å². The molecule has 1 atom stereocenters. The number of furan rings is 1. The first-order chi connectivity index (χ1) is 16.9. The number of nitrogens with one attached hydrogen (secondary N) is 2. The number of imide groups is 1. The maximum atomic E-state index is 12.9. The average Bonchev–Trinajstić information content (AvgIpc) is 3.55. The van der Waals surface area contributed by atoms with Crippen LogP contribution in [0.4, 0.5) is 4.79 Å². The Kier molecular flexibility index (Phi) is 6.05. The maximum absolute atomic E-state index is 12.9. The minimum absolute atomic E-state index is 0.203. The molecule has 9 heteroatoms. The van der Waals surface area contributed by atoms with E-state index in [0.29, 0.717) is 23.0 Å². The van der Waals surface area contributed by atoms with Gasteiger partial charge in [0.25, 0.3) is 5.91 Å². The molecule has 1 saturated heterocycles. The highest BCUT2D eigenvalue weighted by molar-refractivity contribution is 6.30. The van der Waals surface area contributed by atoms with Gasteiger partial charge in [-0.05, 0) is 48.0 Å². The first-order valence-corrected chi connectivity index (χ1v) is 11.5. The lowest BCUT2D eigenvalue weighted by Crippen LogP contribution is -2.41. The van der Waals surface area contributed by atoms with Gasteiger partial charge in [0.05, 0.1) is 6.54 Å². The number of amides is 4. The number of nitrogens with zero attached hydrogens (tertiary/aromatic N) is 2. The lowest BCUT2D eigenvalue weighted by atomic mass is 10.1. The summed E-state index contributed by atoms with van der Waals surface area (Å²) in [5.41, 5.74) is 2.76. The molecule has 1 aliphatic heterocycles. The van der Waals surface area contributed by atoms with Crippen molar-refractivity contribution >= 4 is 40.3 Å². The summed E-state index contributed by atoms with van der Waals surface area (Å²) >= 11 is 5.93. The molecular weight excluding hydrogens is 468 g/mol. The van der Waals surface area contributed by atoms with E-state index in [2.05, 4.69) is 10.3 Å². The minimum atomic E-state index is -0.716. The number of carbonyl (C=O) groups excluding carboxylic acids is 3.